The molecule has 2 amide bonds. The van der Waals surface area contributed by atoms with Gasteiger partial charge in [0.15, 0.2) is 6.61 Å². The van der Waals surface area contributed by atoms with Gasteiger partial charge in [-0.1, -0.05) is 24.3 Å². The molecular formula is C23H21FN4O3S. The maximum atomic E-state index is 13.2. The number of hydrogen-bond donors (Lipinski definition) is 2. The van der Waals surface area contributed by atoms with Crippen LogP contribution in [0.5, 0.6) is 5.75 Å². The van der Waals surface area contributed by atoms with Crippen molar-refractivity contribution in [2.24, 2.45) is 0 Å². The minimum atomic E-state index is -0.473. The van der Waals surface area contributed by atoms with Gasteiger partial charge in [0.05, 0.1) is 17.1 Å². The van der Waals surface area contributed by atoms with Gasteiger partial charge in [0.2, 0.25) is 0 Å². The van der Waals surface area contributed by atoms with E-state index in [1.807, 2.05) is 32.0 Å². The zero-order valence-corrected chi connectivity index (χ0v) is 18.3. The number of halogens is 1. The highest BCUT2D eigenvalue weighted by molar-refractivity contribution is 7.20. The summed E-state index contributed by atoms with van der Waals surface area (Å²) in [6, 6.07) is 15.3. The van der Waals surface area contributed by atoms with Gasteiger partial charge in [-0.2, -0.15) is 5.10 Å². The molecule has 7 nitrogen and oxygen atoms in total. The van der Waals surface area contributed by atoms with Gasteiger partial charge in [0.25, 0.3) is 11.8 Å². The first-order valence-electron chi connectivity index (χ1n) is 9.89. The van der Waals surface area contributed by atoms with Gasteiger partial charge in [-0.15, -0.1) is 11.3 Å². The summed E-state index contributed by atoms with van der Waals surface area (Å²) < 4.78 is 20.4. The van der Waals surface area contributed by atoms with Crippen LogP contribution in [0.25, 0.3) is 10.2 Å². The molecule has 0 fully saturated rings. The standard InChI is InChI=1S/C23H21FN4O3S/c1-14-4-3-5-18(10-14)31-13-21(29)25-26-22(30)20-11-19-15(2)27-28(23(19)32-20)12-16-6-8-17(24)9-7-16/h3-11H,12-13H2,1-2H3,(H,25,29)(H,26,30). The average molecular weight is 453 g/mol. The van der Waals surface area contributed by atoms with E-state index in [9.17, 15) is 14.0 Å². The van der Waals surface area contributed by atoms with Crippen molar-refractivity contribution in [3.8, 4) is 5.75 Å². The number of amides is 2. The van der Waals surface area contributed by atoms with E-state index in [-0.39, 0.29) is 12.4 Å². The Morgan fingerprint density at radius 2 is 1.88 bits per heavy atom. The number of aromatic nitrogens is 2. The highest BCUT2D eigenvalue weighted by Crippen LogP contribution is 2.28. The molecule has 9 heteroatoms. The lowest BCUT2D eigenvalue weighted by Crippen LogP contribution is -2.43. The van der Waals surface area contributed by atoms with Crippen LogP contribution in [0.3, 0.4) is 0 Å². The Kier molecular flexibility index (Phi) is 6.18. The second-order valence-electron chi connectivity index (χ2n) is 7.31. The van der Waals surface area contributed by atoms with Crippen LogP contribution in [0, 0.1) is 19.7 Å². The Balaban J connectivity index is 1.38. The van der Waals surface area contributed by atoms with Crippen molar-refractivity contribution >= 4 is 33.4 Å². The first-order valence-corrected chi connectivity index (χ1v) is 10.7. The largest absolute Gasteiger partial charge is 0.484 e. The Labute approximate surface area is 187 Å². The van der Waals surface area contributed by atoms with Gasteiger partial charge in [-0.3, -0.25) is 25.1 Å². The molecule has 0 saturated heterocycles. The minimum absolute atomic E-state index is 0.220. The third-order valence-electron chi connectivity index (χ3n) is 4.75. The topological polar surface area (TPSA) is 85.2 Å². The number of hydrogen-bond acceptors (Lipinski definition) is 5. The van der Waals surface area contributed by atoms with Gasteiger partial charge in [0.1, 0.15) is 16.4 Å². The Morgan fingerprint density at radius 1 is 1.09 bits per heavy atom. The summed E-state index contributed by atoms with van der Waals surface area (Å²) >= 11 is 1.27. The van der Waals surface area contributed by atoms with Crippen LogP contribution < -0.4 is 15.6 Å². The number of carbonyl (C=O) groups excluding carboxylic acids is 2. The van der Waals surface area contributed by atoms with E-state index in [0.717, 1.165) is 27.0 Å². The molecule has 0 aliphatic carbocycles. The van der Waals surface area contributed by atoms with Crippen molar-refractivity contribution in [3.05, 3.63) is 82.1 Å². The number of rotatable bonds is 6. The van der Waals surface area contributed by atoms with Crippen LogP contribution >= 0.6 is 11.3 Å². The van der Waals surface area contributed by atoms with Crippen LogP contribution in [0.1, 0.15) is 26.5 Å². The Hall–Kier alpha value is -3.72. The van der Waals surface area contributed by atoms with Gasteiger partial charge in [-0.05, 0) is 55.3 Å². The number of hydrazine groups is 1. The number of nitrogens with one attached hydrogen (secondary N) is 2. The second-order valence-corrected chi connectivity index (χ2v) is 8.34. The lowest BCUT2D eigenvalue weighted by Gasteiger charge is -2.08. The molecule has 4 rings (SSSR count). The number of fused-ring (bicyclic) bond motifs is 1. The van der Waals surface area contributed by atoms with E-state index in [1.165, 1.54) is 23.5 Å². The first kappa shape index (κ1) is 21.5. The number of nitrogens with zero attached hydrogens (tertiary/aromatic N) is 2. The fraction of sp³-hybridized carbons (Fsp3) is 0.174. The van der Waals surface area contributed by atoms with E-state index in [0.29, 0.717) is 17.2 Å². The van der Waals surface area contributed by atoms with Crippen LogP contribution in [0.4, 0.5) is 4.39 Å². The molecule has 0 unspecified atom stereocenters. The molecule has 2 N–H and O–H groups in total. The van der Waals surface area contributed by atoms with Crippen molar-refractivity contribution in [1.82, 2.24) is 20.6 Å². The number of thiophene rings is 1. The minimum Gasteiger partial charge on any atom is -0.484 e. The first-order chi connectivity index (χ1) is 15.4. The van der Waals surface area contributed by atoms with E-state index >= 15 is 0 Å². The molecule has 4 aromatic rings. The normalized spacial score (nSPS) is 10.8. The van der Waals surface area contributed by atoms with E-state index in [1.54, 1.807) is 28.9 Å². The maximum absolute atomic E-state index is 13.2. The molecular weight excluding hydrogens is 431 g/mol. The summed E-state index contributed by atoms with van der Waals surface area (Å²) in [5, 5.41) is 5.37. The molecule has 2 heterocycles. The fourth-order valence-corrected chi connectivity index (χ4v) is 4.23. The highest BCUT2D eigenvalue weighted by Gasteiger charge is 2.17. The third kappa shape index (κ3) is 4.94. The number of carbonyl (C=O) groups is 2. The summed E-state index contributed by atoms with van der Waals surface area (Å²) in [6.45, 7) is 4.03. The third-order valence-corrected chi connectivity index (χ3v) is 5.90. The Morgan fingerprint density at radius 3 is 2.62 bits per heavy atom. The van der Waals surface area contributed by atoms with Crippen molar-refractivity contribution in [2.75, 3.05) is 6.61 Å². The average Bonchev–Trinajstić information content (AvgIpc) is 3.33. The van der Waals surface area contributed by atoms with Crippen molar-refractivity contribution in [3.63, 3.8) is 0 Å². The molecule has 0 radical (unpaired) electrons. The van der Waals surface area contributed by atoms with E-state index in [4.69, 9.17) is 4.74 Å². The van der Waals surface area contributed by atoms with Crippen LogP contribution in [-0.4, -0.2) is 28.2 Å². The summed E-state index contributed by atoms with van der Waals surface area (Å²) in [6.07, 6.45) is 0. The zero-order valence-electron chi connectivity index (χ0n) is 17.5. The molecule has 0 bridgehead atoms. The number of benzene rings is 2. The van der Waals surface area contributed by atoms with Crippen molar-refractivity contribution in [2.45, 2.75) is 20.4 Å². The maximum Gasteiger partial charge on any atom is 0.279 e. The lowest BCUT2D eigenvalue weighted by atomic mass is 10.2. The second kappa shape index (κ2) is 9.19. The Bertz CT molecular complexity index is 1280. The molecule has 32 heavy (non-hydrogen) atoms. The molecule has 2 aromatic carbocycles. The summed E-state index contributed by atoms with van der Waals surface area (Å²) in [5.74, 6) is -0.614. The fourth-order valence-electron chi connectivity index (χ4n) is 3.17. The summed E-state index contributed by atoms with van der Waals surface area (Å²) in [7, 11) is 0. The van der Waals surface area contributed by atoms with Crippen LogP contribution in [0.2, 0.25) is 0 Å². The van der Waals surface area contributed by atoms with Gasteiger partial charge < -0.3 is 4.74 Å². The number of aryl methyl sites for hydroxylation is 2. The monoisotopic (exact) mass is 452 g/mol. The molecule has 0 aliphatic rings. The molecule has 0 atom stereocenters. The van der Waals surface area contributed by atoms with Crippen molar-refractivity contribution in [1.29, 1.82) is 0 Å². The number of ether oxygens (including phenoxy) is 1. The van der Waals surface area contributed by atoms with E-state index in [2.05, 4.69) is 16.0 Å². The molecule has 0 aliphatic heterocycles. The van der Waals surface area contributed by atoms with E-state index < -0.39 is 11.8 Å². The summed E-state index contributed by atoms with van der Waals surface area (Å²) in [5.41, 5.74) is 7.48. The van der Waals surface area contributed by atoms with Gasteiger partial charge in [-0.25, -0.2) is 4.39 Å². The molecule has 164 valence electrons. The van der Waals surface area contributed by atoms with Gasteiger partial charge >= 0.3 is 0 Å². The predicted molar refractivity (Wildman–Crippen MR) is 120 cm³/mol. The van der Waals surface area contributed by atoms with Crippen LogP contribution in [-0.2, 0) is 11.3 Å². The molecule has 0 saturated carbocycles. The highest BCUT2D eigenvalue weighted by atomic mass is 32.1. The zero-order chi connectivity index (χ0) is 22.7. The molecule has 2 aromatic heterocycles. The quantitative estimate of drug-likeness (QED) is 0.437. The SMILES string of the molecule is Cc1cccc(OCC(=O)NNC(=O)c2cc3c(C)nn(Cc4ccc(F)cc4)c3s2)c1. The smallest absolute Gasteiger partial charge is 0.279 e. The van der Waals surface area contributed by atoms with Crippen molar-refractivity contribution < 1.29 is 18.7 Å². The lowest BCUT2D eigenvalue weighted by molar-refractivity contribution is -0.123. The van der Waals surface area contributed by atoms with Gasteiger partial charge in [0, 0.05) is 5.39 Å². The van der Waals surface area contributed by atoms with Crippen LogP contribution in [0.15, 0.2) is 54.6 Å². The predicted octanol–water partition coefficient (Wildman–Crippen LogP) is 3.74. The molecule has 0 spiro atoms. The summed E-state index contributed by atoms with van der Waals surface area (Å²) in [4.78, 5) is 25.8.